The third-order valence-corrected chi connectivity index (χ3v) is 8.12. The molecule has 0 bridgehead atoms. The Kier molecular flexibility index (Phi) is 4.90. The summed E-state index contributed by atoms with van der Waals surface area (Å²) in [7, 11) is 1.70. The molecule has 0 N–H and O–H groups in total. The largest absolute Gasteiger partial charge is 0.493 e. The minimum atomic E-state index is -0.262. The predicted octanol–water partition coefficient (Wildman–Crippen LogP) is 4.45. The summed E-state index contributed by atoms with van der Waals surface area (Å²) in [4.78, 5) is 15.6. The Morgan fingerprint density at radius 2 is 1.94 bits per heavy atom. The van der Waals surface area contributed by atoms with E-state index in [1.54, 1.807) is 7.11 Å². The molecule has 4 aliphatic rings. The van der Waals surface area contributed by atoms with Gasteiger partial charge in [0.25, 0.3) is 0 Å². The monoisotopic (exact) mass is 433 g/mol. The lowest BCUT2D eigenvalue weighted by molar-refractivity contribution is -0.0877. The first-order valence-corrected chi connectivity index (χ1v) is 12.0. The van der Waals surface area contributed by atoms with E-state index in [1.807, 2.05) is 36.4 Å². The van der Waals surface area contributed by atoms with Crippen LogP contribution in [0.25, 0.3) is 0 Å². The van der Waals surface area contributed by atoms with Gasteiger partial charge in [0.2, 0.25) is 0 Å². The highest BCUT2D eigenvalue weighted by Gasteiger charge is 2.61. The number of benzene rings is 2. The summed E-state index contributed by atoms with van der Waals surface area (Å²) in [5.74, 6) is 2.76. The number of carbonyl (C=O) groups excluding carboxylic acids is 1. The van der Waals surface area contributed by atoms with Gasteiger partial charge in [0.05, 0.1) is 12.7 Å². The van der Waals surface area contributed by atoms with Crippen LogP contribution in [0, 0.1) is 11.8 Å². The van der Waals surface area contributed by atoms with E-state index in [9.17, 15) is 4.79 Å². The normalized spacial score (nSPS) is 31.1. The maximum atomic E-state index is 12.9. The van der Waals surface area contributed by atoms with Crippen molar-refractivity contribution in [1.82, 2.24) is 4.90 Å². The standard InChI is InChI=1S/C27H31NO4/c1-30-22-9-5-8-21-24(22)32-25-23(31-26(29)19-6-3-2-4-7-19)13-12-20-17-28(16-18-10-11-18)15-14-27(20,21)25/h2-9,18,20,23,25H,10-17H2,1H3/t20-,23+,25-,27-/m0/s1. The second-order valence-corrected chi connectivity index (χ2v) is 9.95. The van der Waals surface area contributed by atoms with Gasteiger partial charge in [-0.2, -0.15) is 0 Å². The average molecular weight is 434 g/mol. The van der Waals surface area contributed by atoms with Crippen LogP contribution in [0.3, 0.4) is 0 Å². The Labute approximate surface area is 189 Å². The molecule has 168 valence electrons. The molecule has 1 saturated heterocycles. The number of para-hydroxylation sites is 1. The summed E-state index contributed by atoms with van der Waals surface area (Å²) in [6, 6.07) is 15.5. The van der Waals surface area contributed by atoms with Crippen molar-refractivity contribution < 1.29 is 19.0 Å². The fourth-order valence-corrected chi connectivity index (χ4v) is 6.40. The van der Waals surface area contributed by atoms with Gasteiger partial charge in [-0.1, -0.05) is 30.3 Å². The van der Waals surface area contributed by atoms with E-state index >= 15 is 0 Å². The maximum Gasteiger partial charge on any atom is 0.338 e. The van der Waals surface area contributed by atoms with Crippen LogP contribution in [0.5, 0.6) is 11.5 Å². The second kappa shape index (κ2) is 7.80. The van der Waals surface area contributed by atoms with Gasteiger partial charge in [-0.25, -0.2) is 4.79 Å². The van der Waals surface area contributed by atoms with Crippen LogP contribution in [-0.4, -0.2) is 49.8 Å². The highest BCUT2D eigenvalue weighted by molar-refractivity contribution is 5.89. The SMILES string of the molecule is COc1cccc2c1O[C@H]1[C@H](OC(=O)c3ccccc3)CC[C@H]3CN(CC4CC4)CC[C@@]231. The van der Waals surface area contributed by atoms with Gasteiger partial charge in [0.15, 0.2) is 11.5 Å². The quantitative estimate of drug-likeness (QED) is 0.652. The smallest absolute Gasteiger partial charge is 0.338 e. The van der Waals surface area contributed by atoms with Gasteiger partial charge < -0.3 is 19.1 Å². The van der Waals surface area contributed by atoms with Crippen molar-refractivity contribution in [2.75, 3.05) is 26.7 Å². The number of fused-ring (bicyclic) bond motifs is 1. The first kappa shape index (κ1) is 20.1. The first-order valence-electron chi connectivity index (χ1n) is 12.0. The van der Waals surface area contributed by atoms with E-state index in [-0.39, 0.29) is 23.6 Å². The number of methoxy groups -OCH3 is 1. The lowest BCUT2D eigenvalue weighted by Gasteiger charge is -2.52. The van der Waals surface area contributed by atoms with Crippen LogP contribution in [0.1, 0.15) is 48.0 Å². The van der Waals surface area contributed by atoms with Gasteiger partial charge in [-0.3, -0.25) is 0 Å². The van der Waals surface area contributed by atoms with Crippen LogP contribution >= 0.6 is 0 Å². The minimum absolute atomic E-state index is 0.121. The number of likely N-dealkylation sites (tertiary alicyclic amines) is 1. The molecule has 2 aromatic rings. The second-order valence-electron chi connectivity index (χ2n) is 9.95. The average Bonchev–Trinajstić information content (AvgIpc) is 3.58. The fourth-order valence-electron chi connectivity index (χ4n) is 6.40. The molecule has 2 saturated carbocycles. The third-order valence-electron chi connectivity index (χ3n) is 8.12. The van der Waals surface area contributed by atoms with Crippen molar-refractivity contribution in [3.63, 3.8) is 0 Å². The molecule has 0 unspecified atom stereocenters. The molecular weight excluding hydrogens is 402 g/mol. The lowest BCUT2D eigenvalue weighted by Crippen LogP contribution is -2.61. The molecule has 2 aliphatic carbocycles. The number of nitrogens with zero attached hydrogens (tertiary/aromatic N) is 1. The fraction of sp³-hybridized carbons (Fsp3) is 0.519. The summed E-state index contributed by atoms with van der Waals surface area (Å²) < 4.78 is 18.4. The van der Waals surface area contributed by atoms with Crippen molar-refractivity contribution in [2.24, 2.45) is 11.8 Å². The van der Waals surface area contributed by atoms with E-state index in [0.717, 1.165) is 49.8 Å². The summed E-state index contributed by atoms with van der Waals surface area (Å²) in [5, 5.41) is 0. The molecule has 2 heterocycles. The van der Waals surface area contributed by atoms with Crippen molar-refractivity contribution in [3.8, 4) is 11.5 Å². The Morgan fingerprint density at radius 3 is 2.72 bits per heavy atom. The Balaban J connectivity index is 1.33. The van der Waals surface area contributed by atoms with E-state index in [0.29, 0.717) is 11.5 Å². The van der Waals surface area contributed by atoms with Gasteiger partial charge in [-0.05, 0) is 68.7 Å². The molecule has 4 atom stereocenters. The highest BCUT2D eigenvalue weighted by Crippen LogP contribution is 2.59. The highest BCUT2D eigenvalue weighted by atomic mass is 16.6. The number of carbonyl (C=O) groups is 1. The molecule has 1 spiro atoms. The van der Waals surface area contributed by atoms with E-state index < -0.39 is 0 Å². The predicted molar refractivity (Wildman–Crippen MR) is 121 cm³/mol. The number of rotatable bonds is 5. The third kappa shape index (κ3) is 3.21. The summed E-state index contributed by atoms with van der Waals surface area (Å²) in [5.41, 5.74) is 1.72. The zero-order valence-electron chi connectivity index (χ0n) is 18.7. The molecule has 2 aromatic carbocycles. The van der Waals surface area contributed by atoms with E-state index in [2.05, 4.69) is 17.0 Å². The summed E-state index contributed by atoms with van der Waals surface area (Å²) >= 11 is 0. The minimum Gasteiger partial charge on any atom is -0.493 e. The van der Waals surface area contributed by atoms with Crippen molar-refractivity contribution >= 4 is 5.97 Å². The van der Waals surface area contributed by atoms with Crippen molar-refractivity contribution in [1.29, 1.82) is 0 Å². The molecule has 2 aliphatic heterocycles. The molecule has 5 nitrogen and oxygen atoms in total. The van der Waals surface area contributed by atoms with E-state index in [1.165, 1.54) is 24.9 Å². The number of piperidine rings is 1. The molecule has 0 radical (unpaired) electrons. The van der Waals surface area contributed by atoms with Crippen LogP contribution in [-0.2, 0) is 10.2 Å². The van der Waals surface area contributed by atoms with Gasteiger partial charge in [0, 0.05) is 24.1 Å². The number of esters is 1. The Morgan fingerprint density at radius 1 is 1.09 bits per heavy atom. The molecule has 0 amide bonds. The Hall–Kier alpha value is -2.53. The molecule has 6 rings (SSSR count). The molecule has 0 aromatic heterocycles. The molecule has 3 fully saturated rings. The van der Waals surface area contributed by atoms with Crippen LogP contribution < -0.4 is 9.47 Å². The number of ether oxygens (including phenoxy) is 3. The number of hydrogen-bond acceptors (Lipinski definition) is 5. The number of hydrogen-bond donors (Lipinski definition) is 0. The van der Waals surface area contributed by atoms with Gasteiger partial charge in [0.1, 0.15) is 12.2 Å². The van der Waals surface area contributed by atoms with E-state index in [4.69, 9.17) is 14.2 Å². The molecule has 32 heavy (non-hydrogen) atoms. The van der Waals surface area contributed by atoms with Crippen LogP contribution in [0.15, 0.2) is 48.5 Å². The summed E-state index contributed by atoms with van der Waals surface area (Å²) in [6.45, 7) is 3.41. The zero-order chi connectivity index (χ0) is 21.7. The Bertz CT molecular complexity index is 1000. The summed E-state index contributed by atoms with van der Waals surface area (Å²) in [6.07, 6.45) is 5.27. The first-order chi connectivity index (χ1) is 15.7. The van der Waals surface area contributed by atoms with Gasteiger partial charge in [-0.15, -0.1) is 0 Å². The zero-order valence-corrected chi connectivity index (χ0v) is 18.7. The molecular formula is C27H31NO4. The topological polar surface area (TPSA) is 48.0 Å². The molecule has 5 heteroatoms. The van der Waals surface area contributed by atoms with Gasteiger partial charge >= 0.3 is 5.97 Å². The van der Waals surface area contributed by atoms with Crippen LogP contribution in [0.2, 0.25) is 0 Å². The van der Waals surface area contributed by atoms with Crippen molar-refractivity contribution in [2.45, 2.75) is 49.7 Å². The van der Waals surface area contributed by atoms with Crippen molar-refractivity contribution in [3.05, 3.63) is 59.7 Å². The van der Waals surface area contributed by atoms with Crippen LogP contribution in [0.4, 0.5) is 0 Å². The maximum absolute atomic E-state index is 12.9. The lowest BCUT2D eigenvalue weighted by atomic mass is 9.57.